The van der Waals surface area contributed by atoms with E-state index in [4.69, 9.17) is 0 Å². The number of nitrogens with zero attached hydrogens (tertiary/aromatic N) is 1. The molecule has 0 radical (unpaired) electrons. The summed E-state index contributed by atoms with van der Waals surface area (Å²) >= 11 is 1.61. The Kier molecular flexibility index (Phi) is 3.47. The third-order valence-corrected chi connectivity index (χ3v) is 3.78. The number of aromatic amines is 1. The molecule has 0 aliphatic carbocycles. The van der Waals surface area contributed by atoms with Gasteiger partial charge in [0.15, 0.2) is 11.6 Å². The lowest BCUT2D eigenvalue weighted by Crippen LogP contribution is -2.00. The van der Waals surface area contributed by atoms with Crippen LogP contribution in [-0.2, 0) is 6.54 Å². The summed E-state index contributed by atoms with van der Waals surface area (Å²) in [4.78, 5) is 1.09. The first-order chi connectivity index (χ1) is 9.74. The second-order valence-corrected chi connectivity index (χ2v) is 5.18. The molecule has 0 amide bonds. The smallest absolute Gasteiger partial charge is 0.160 e. The molecule has 3 rings (SSSR count). The Labute approximate surface area is 118 Å². The Balaban J connectivity index is 1.76. The Morgan fingerprint density at radius 2 is 2.10 bits per heavy atom. The summed E-state index contributed by atoms with van der Waals surface area (Å²) in [5.41, 5.74) is 2.44. The number of halogens is 2. The highest BCUT2D eigenvalue weighted by atomic mass is 32.1. The zero-order valence-corrected chi connectivity index (χ0v) is 11.2. The molecule has 3 aromatic rings. The van der Waals surface area contributed by atoms with Crippen LogP contribution >= 0.6 is 11.3 Å². The van der Waals surface area contributed by atoms with Crippen LogP contribution in [0.15, 0.2) is 41.9 Å². The minimum Gasteiger partial charge on any atom is -0.381 e. The van der Waals surface area contributed by atoms with Gasteiger partial charge in [0.05, 0.1) is 16.8 Å². The number of hydrogen-bond acceptors (Lipinski definition) is 3. The molecule has 0 bridgehead atoms. The van der Waals surface area contributed by atoms with Crippen molar-refractivity contribution in [1.29, 1.82) is 0 Å². The van der Waals surface area contributed by atoms with Crippen LogP contribution in [0.25, 0.3) is 10.6 Å². The van der Waals surface area contributed by atoms with Crippen LogP contribution < -0.4 is 5.32 Å². The number of H-pyrrole nitrogens is 1. The summed E-state index contributed by atoms with van der Waals surface area (Å²) in [6.07, 6.45) is 1.72. The number of anilines is 1. The van der Waals surface area contributed by atoms with E-state index in [2.05, 4.69) is 15.5 Å². The van der Waals surface area contributed by atoms with Crippen LogP contribution in [0.1, 0.15) is 5.56 Å². The summed E-state index contributed by atoms with van der Waals surface area (Å²) in [6.45, 7) is 0.481. The Bertz CT molecular complexity index is 707. The van der Waals surface area contributed by atoms with Crippen LogP contribution in [0.2, 0.25) is 0 Å². The zero-order chi connectivity index (χ0) is 13.9. The highest BCUT2D eigenvalue weighted by Crippen LogP contribution is 2.26. The molecule has 0 fully saturated rings. The van der Waals surface area contributed by atoms with E-state index in [1.807, 2.05) is 17.5 Å². The summed E-state index contributed by atoms with van der Waals surface area (Å²) in [5.74, 6) is -1.71. The number of aromatic nitrogens is 2. The van der Waals surface area contributed by atoms with Crippen molar-refractivity contribution < 1.29 is 8.78 Å². The van der Waals surface area contributed by atoms with Gasteiger partial charge in [-0.15, -0.1) is 11.3 Å². The number of benzene rings is 1. The lowest BCUT2D eigenvalue weighted by atomic mass is 10.2. The zero-order valence-electron chi connectivity index (χ0n) is 10.4. The van der Waals surface area contributed by atoms with Gasteiger partial charge in [-0.1, -0.05) is 6.07 Å². The molecule has 0 aliphatic heterocycles. The van der Waals surface area contributed by atoms with E-state index in [1.165, 1.54) is 6.07 Å². The summed E-state index contributed by atoms with van der Waals surface area (Å²) in [5, 5.41) is 12.0. The molecule has 0 aliphatic rings. The SMILES string of the molecule is Fc1ccc(NCc2cn[nH]c2-c2cccs2)cc1F. The predicted molar refractivity (Wildman–Crippen MR) is 75.6 cm³/mol. The van der Waals surface area contributed by atoms with Gasteiger partial charge in [-0.05, 0) is 23.6 Å². The van der Waals surface area contributed by atoms with Gasteiger partial charge in [0.25, 0.3) is 0 Å². The maximum Gasteiger partial charge on any atom is 0.160 e. The van der Waals surface area contributed by atoms with Gasteiger partial charge in [-0.2, -0.15) is 5.10 Å². The van der Waals surface area contributed by atoms with Crippen molar-refractivity contribution in [3.63, 3.8) is 0 Å². The van der Waals surface area contributed by atoms with Crippen molar-refractivity contribution in [2.24, 2.45) is 0 Å². The second kappa shape index (κ2) is 5.42. The maximum absolute atomic E-state index is 13.1. The quantitative estimate of drug-likeness (QED) is 0.762. The van der Waals surface area contributed by atoms with Crippen LogP contribution in [-0.4, -0.2) is 10.2 Å². The molecule has 1 aromatic carbocycles. The van der Waals surface area contributed by atoms with Crippen molar-refractivity contribution in [3.05, 3.63) is 59.1 Å². The monoisotopic (exact) mass is 291 g/mol. The van der Waals surface area contributed by atoms with Gasteiger partial charge >= 0.3 is 0 Å². The largest absolute Gasteiger partial charge is 0.381 e. The maximum atomic E-state index is 13.1. The van der Waals surface area contributed by atoms with Gasteiger partial charge in [0.2, 0.25) is 0 Å². The van der Waals surface area contributed by atoms with Gasteiger partial charge < -0.3 is 5.32 Å². The first kappa shape index (κ1) is 12.8. The molecular weight excluding hydrogens is 280 g/mol. The van der Waals surface area contributed by atoms with Crippen molar-refractivity contribution in [1.82, 2.24) is 10.2 Å². The fraction of sp³-hybridized carbons (Fsp3) is 0.0714. The predicted octanol–water partition coefficient (Wildman–Crippen LogP) is 4.03. The second-order valence-electron chi connectivity index (χ2n) is 4.23. The van der Waals surface area contributed by atoms with E-state index in [-0.39, 0.29) is 0 Å². The number of hydrogen-bond donors (Lipinski definition) is 2. The topological polar surface area (TPSA) is 40.7 Å². The van der Waals surface area contributed by atoms with Crippen molar-refractivity contribution in [2.45, 2.75) is 6.54 Å². The summed E-state index contributed by atoms with van der Waals surface area (Å²) < 4.78 is 26.0. The molecule has 2 aromatic heterocycles. The third-order valence-electron chi connectivity index (χ3n) is 2.89. The summed E-state index contributed by atoms with van der Waals surface area (Å²) in [7, 11) is 0. The van der Waals surface area contributed by atoms with Gasteiger partial charge in [-0.3, -0.25) is 5.10 Å². The normalized spacial score (nSPS) is 10.7. The highest BCUT2D eigenvalue weighted by molar-refractivity contribution is 7.13. The fourth-order valence-electron chi connectivity index (χ4n) is 1.88. The first-order valence-corrected chi connectivity index (χ1v) is 6.87. The minimum atomic E-state index is -0.860. The van der Waals surface area contributed by atoms with E-state index in [0.29, 0.717) is 12.2 Å². The molecule has 3 nitrogen and oxygen atoms in total. The number of nitrogens with one attached hydrogen (secondary N) is 2. The van der Waals surface area contributed by atoms with Gasteiger partial charge in [0, 0.05) is 23.9 Å². The summed E-state index contributed by atoms with van der Waals surface area (Å²) in [6, 6.07) is 7.71. The molecule has 6 heteroatoms. The van der Waals surface area contributed by atoms with E-state index in [1.54, 1.807) is 17.5 Å². The fourth-order valence-corrected chi connectivity index (χ4v) is 2.64. The van der Waals surface area contributed by atoms with Crippen molar-refractivity contribution in [3.8, 4) is 10.6 Å². The highest BCUT2D eigenvalue weighted by Gasteiger charge is 2.09. The van der Waals surface area contributed by atoms with E-state index >= 15 is 0 Å². The molecule has 102 valence electrons. The molecule has 0 saturated heterocycles. The molecule has 0 atom stereocenters. The van der Waals surface area contributed by atoms with E-state index < -0.39 is 11.6 Å². The van der Waals surface area contributed by atoms with Crippen LogP contribution in [0.5, 0.6) is 0 Å². The molecule has 0 saturated carbocycles. The number of thiophene rings is 1. The van der Waals surface area contributed by atoms with Crippen LogP contribution in [0, 0.1) is 11.6 Å². The van der Waals surface area contributed by atoms with Crippen LogP contribution in [0.3, 0.4) is 0 Å². The van der Waals surface area contributed by atoms with E-state index in [9.17, 15) is 8.78 Å². The average Bonchev–Trinajstić information content (AvgIpc) is 3.09. The average molecular weight is 291 g/mol. The lowest BCUT2D eigenvalue weighted by molar-refractivity contribution is 0.509. The molecule has 2 N–H and O–H groups in total. The Morgan fingerprint density at radius 1 is 1.20 bits per heavy atom. The lowest BCUT2D eigenvalue weighted by Gasteiger charge is -2.06. The Morgan fingerprint density at radius 3 is 2.85 bits per heavy atom. The van der Waals surface area contributed by atoms with Gasteiger partial charge in [0.1, 0.15) is 0 Å². The van der Waals surface area contributed by atoms with Crippen molar-refractivity contribution in [2.75, 3.05) is 5.32 Å². The van der Waals surface area contributed by atoms with Crippen molar-refractivity contribution >= 4 is 17.0 Å². The standard InChI is InChI=1S/C14H11F2N3S/c15-11-4-3-10(6-12(11)16)17-7-9-8-18-19-14(9)13-2-1-5-20-13/h1-6,8,17H,7H2,(H,18,19). The molecule has 0 unspecified atom stereocenters. The number of rotatable bonds is 4. The van der Waals surface area contributed by atoms with Gasteiger partial charge in [-0.25, -0.2) is 8.78 Å². The molecule has 2 heterocycles. The molecular formula is C14H11F2N3S. The first-order valence-electron chi connectivity index (χ1n) is 5.99. The van der Waals surface area contributed by atoms with Crippen LogP contribution in [0.4, 0.5) is 14.5 Å². The molecule has 20 heavy (non-hydrogen) atoms. The third kappa shape index (κ3) is 2.55. The minimum absolute atomic E-state index is 0.481. The Hall–Kier alpha value is -2.21. The molecule has 0 spiro atoms. The van der Waals surface area contributed by atoms with E-state index in [0.717, 1.165) is 28.3 Å².